The van der Waals surface area contributed by atoms with Crippen LogP contribution in [0.2, 0.25) is 0 Å². The zero-order valence-electron chi connectivity index (χ0n) is 17.4. The minimum Gasteiger partial charge on any atom is -0.387 e. The first kappa shape index (κ1) is 23.1. The van der Waals surface area contributed by atoms with E-state index in [1.807, 2.05) is 13.8 Å². The van der Waals surface area contributed by atoms with Gasteiger partial charge in [0.1, 0.15) is 12.4 Å². The lowest BCUT2D eigenvalue weighted by molar-refractivity contribution is -0.138. The van der Waals surface area contributed by atoms with E-state index in [4.69, 9.17) is 9.84 Å². The van der Waals surface area contributed by atoms with Crippen LogP contribution in [-0.2, 0) is 14.3 Å². The predicted molar refractivity (Wildman–Crippen MR) is 104 cm³/mol. The summed E-state index contributed by atoms with van der Waals surface area (Å²) in [4.78, 5) is 25.2. The summed E-state index contributed by atoms with van der Waals surface area (Å²) in [5.74, 6) is 1.40. The highest BCUT2D eigenvalue weighted by atomic mass is 16.5. The Bertz CT molecular complexity index is 417. The fraction of sp³-hybridized carbons (Fsp3) is 0.905. The molecule has 0 aromatic carbocycles. The molecule has 2 fully saturated rings. The number of nitrogens with zero attached hydrogens (tertiary/aromatic N) is 1. The minimum absolute atomic E-state index is 0.135. The van der Waals surface area contributed by atoms with Crippen LogP contribution in [0, 0.1) is 17.8 Å². The molecule has 0 aromatic rings. The van der Waals surface area contributed by atoms with E-state index < -0.39 is 6.61 Å². The van der Waals surface area contributed by atoms with Crippen LogP contribution in [0.25, 0.3) is 0 Å². The van der Waals surface area contributed by atoms with Gasteiger partial charge in [-0.15, -0.1) is 0 Å². The molecule has 26 heavy (non-hydrogen) atoms. The highest BCUT2D eigenvalue weighted by molar-refractivity contribution is 5.82. The second kappa shape index (κ2) is 11.7. The van der Waals surface area contributed by atoms with Gasteiger partial charge in [-0.05, 0) is 44.4 Å². The van der Waals surface area contributed by atoms with Gasteiger partial charge in [0, 0.05) is 24.9 Å². The molecule has 2 aliphatic rings. The van der Waals surface area contributed by atoms with Gasteiger partial charge in [-0.25, -0.2) is 0 Å². The number of rotatable bonds is 5. The zero-order chi connectivity index (χ0) is 19.7. The molecule has 5 heteroatoms. The van der Waals surface area contributed by atoms with Gasteiger partial charge in [0.25, 0.3) is 0 Å². The number of amides is 1. The smallest absolute Gasteiger partial charge is 0.248 e. The normalized spacial score (nSPS) is 24.4. The van der Waals surface area contributed by atoms with Crippen LogP contribution in [0.15, 0.2) is 0 Å². The molecule has 0 radical (unpaired) electrons. The van der Waals surface area contributed by atoms with Crippen LogP contribution in [0.3, 0.4) is 0 Å². The Morgan fingerprint density at radius 3 is 1.81 bits per heavy atom. The molecule has 1 saturated carbocycles. The lowest BCUT2D eigenvalue weighted by atomic mass is 9.81. The highest BCUT2D eigenvalue weighted by Gasteiger charge is 2.30. The van der Waals surface area contributed by atoms with E-state index in [1.54, 1.807) is 4.90 Å². The minimum atomic E-state index is -0.403. The molecule has 1 aliphatic carbocycles. The van der Waals surface area contributed by atoms with E-state index in [9.17, 15) is 9.59 Å². The predicted octanol–water partition coefficient (Wildman–Crippen LogP) is 3.43. The van der Waals surface area contributed by atoms with Crippen molar-refractivity contribution in [1.29, 1.82) is 0 Å². The summed E-state index contributed by atoms with van der Waals surface area (Å²) in [6.45, 7) is 11.4. The fourth-order valence-electron chi connectivity index (χ4n) is 3.57. The number of aliphatic hydroxyl groups is 1. The van der Waals surface area contributed by atoms with Crippen molar-refractivity contribution in [2.24, 2.45) is 17.8 Å². The Balaban J connectivity index is 0.000000765. The summed E-state index contributed by atoms with van der Waals surface area (Å²) in [6, 6.07) is 0. The topological polar surface area (TPSA) is 66.8 Å². The Morgan fingerprint density at radius 1 is 0.923 bits per heavy atom. The molecule has 0 spiro atoms. The monoisotopic (exact) mass is 369 g/mol. The van der Waals surface area contributed by atoms with E-state index in [0.29, 0.717) is 18.9 Å². The van der Waals surface area contributed by atoms with Gasteiger partial charge in [0.2, 0.25) is 5.91 Å². The molecular weight excluding hydrogens is 330 g/mol. The number of ether oxygens (including phenoxy) is 1. The van der Waals surface area contributed by atoms with Crippen LogP contribution in [-0.4, -0.2) is 53.6 Å². The molecule has 1 saturated heterocycles. The lowest BCUT2D eigenvalue weighted by Gasteiger charge is -2.36. The Labute approximate surface area is 159 Å². The zero-order valence-corrected chi connectivity index (χ0v) is 17.4. The summed E-state index contributed by atoms with van der Waals surface area (Å²) < 4.78 is 6.17. The lowest BCUT2D eigenvalue weighted by Crippen LogP contribution is -2.43. The molecular formula is C21H39NO4. The van der Waals surface area contributed by atoms with Gasteiger partial charge in [-0.2, -0.15) is 0 Å². The third kappa shape index (κ3) is 8.17. The van der Waals surface area contributed by atoms with Gasteiger partial charge >= 0.3 is 0 Å². The number of aliphatic hydroxyl groups excluding tert-OH is 1. The average Bonchev–Trinajstić information content (AvgIpc) is 2.61. The first-order valence-electron chi connectivity index (χ1n) is 10.3. The molecule has 1 amide bonds. The van der Waals surface area contributed by atoms with Gasteiger partial charge in [0.05, 0.1) is 12.2 Å². The molecule has 5 nitrogen and oxygen atoms in total. The van der Waals surface area contributed by atoms with Gasteiger partial charge in [-0.3, -0.25) is 9.59 Å². The van der Waals surface area contributed by atoms with Crippen molar-refractivity contribution in [2.45, 2.75) is 85.4 Å². The van der Waals surface area contributed by atoms with Crippen LogP contribution >= 0.6 is 0 Å². The summed E-state index contributed by atoms with van der Waals surface area (Å²) in [7, 11) is 0. The van der Waals surface area contributed by atoms with Crippen molar-refractivity contribution < 1.29 is 19.4 Å². The maximum atomic E-state index is 12.0. The number of likely N-dealkylation sites (tertiary alicyclic amines) is 1. The Kier molecular flexibility index (Phi) is 10.4. The van der Waals surface area contributed by atoms with Crippen molar-refractivity contribution in [3.8, 4) is 0 Å². The van der Waals surface area contributed by atoms with Crippen molar-refractivity contribution in [3.63, 3.8) is 0 Å². The molecule has 0 unspecified atom stereocenters. The number of hydrogen-bond acceptors (Lipinski definition) is 4. The third-order valence-corrected chi connectivity index (χ3v) is 4.96. The molecule has 2 rings (SSSR count). The van der Waals surface area contributed by atoms with E-state index in [0.717, 1.165) is 44.4 Å². The number of piperidine rings is 1. The SMILES string of the molecule is CC(C)C.CC(C)C(=O)C1CCC(OC2CCN(C(=O)CO)CC2)CC1. The van der Waals surface area contributed by atoms with E-state index >= 15 is 0 Å². The summed E-state index contributed by atoms with van der Waals surface area (Å²) in [6.07, 6.45) is 6.00. The molecule has 0 aromatic heterocycles. The van der Waals surface area contributed by atoms with Crippen LogP contribution in [0.1, 0.15) is 73.1 Å². The Hall–Kier alpha value is -0.940. The molecule has 152 valence electrons. The van der Waals surface area contributed by atoms with E-state index in [1.165, 1.54) is 0 Å². The van der Waals surface area contributed by atoms with Crippen LogP contribution in [0.5, 0.6) is 0 Å². The maximum absolute atomic E-state index is 12.0. The molecule has 1 heterocycles. The summed E-state index contributed by atoms with van der Waals surface area (Å²) in [5.41, 5.74) is 0. The van der Waals surface area contributed by atoms with Gasteiger partial charge in [0.15, 0.2) is 0 Å². The van der Waals surface area contributed by atoms with Crippen molar-refractivity contribution in [2.75, 3.05) is 19.7 Å². The van der Waals surface area contributed by atoms with Gasteiger partial charge in [-0.1, -0.05) is 34.6 Å². The molecule has 1 aliphatic heterocycles. The van der Waals surface area contributed by atoms with Crippen LogP contribution < -0.4 is 0 Å². The number of hydrogen-bond donors (Lipinski definition) is 1. The standard InChI is InChI=1S/C17H29NO4.C4H10/c1-12(2)17(21)13-3-5-14(6-4-13)22-15-7-9-18(10-8-15)16(20)11-19;1-4(2)3/h12-15,19H,3-11H2,1-2H3;4H,1-3H3. The van der Waals surface area contributed by atoms with Crippen molar-refractivity contribution in [3.05, 3.63) is 0 Å². The summed E-state index contributed by atoms with van der Waals surface area (Å²) in [5, 5.41) is 8.87. The van der Waals surface area contributed by atoms with E-state index in [-0.39, 0.29) is 30.0 Å². The third-order valence-electron chi connectivity index (χ3n) is 4.96. The second-order valence-corrected chi connectivity index (χ2v) is 8.64. The molecule has 0 atom stereocenters. The maximum Gasteiger partial charge on any atom is 0.248 e. The first-order chi connectivity index (χ1) is 12.2. The second-order valence-electron chi connectivity index (χ2n) is 8.64. The highest BCUT2D eigenvalue weighted by Crippen LogP contribution is 2.30. The fourth-order valence-corrected chi connectivity index (χ4v) is 3.57. The molecule has 1 N–H and O–H groups in total. The number of carbonyl (C=O) groups excluding carboxylic acids is 2. The van der Waals surface area contributed by atoms with Crippen LogP contribution in [0.4, 0.5) is 0 Å². The van der Waals surface area contributed by atoms with Gasteiger partial charge < -0.3 is 14.7 Å². The number of Topliss-reactive ketones (excluding diaryl/α,β-unsaturated/α-hetero) is 1. The average molecular weight is 370 g/mol. The first-order valence-corrected chi connectivity index (χ1v) is 10.3. The number of carbonyl (C=O) groups is 2. The Morgan fingerprint density at radius 2 is 1.38 bits per heavy atom. The summed E-state index contributed by atoms with van der Waals surface area (Å²) >= 11 is 0. The van der Waals surface area contributed by atoms with Crippen molar-refractivity contribution >= 4 is 11.7 Å². The van der Waals surface area contributed by atoms with E-state index in [2.05, 4.69) is 20.8 Å². The largest absolute Gasteiger partial charge is 0.387 e. The quantitative estimate of drug-likeness (QED) is 0.806. The van der Waals surface area contributed by atoms with Crippen molar-refractivity contribution in [1.82, 2.24) is 4.90 Å². The number of ketones is 1. The molecule has 0 bridgehead atoms.